The van der Waals surface area contributed by atoms with Crippen LogP contribution in [0, 0.1) is 5.41 Å². The van der Waals surface area contributed by atoms with Crippen LogP contribution in [0.2, 0.25) is 5.02 Å². The van der Waals surface area contributed by atoms with Gasteiger partial charge < -0.3 is 15.5 Å². The summed E-state index contributed by atoms with van der Waals surface area (Å²) >= 11 is 6.12. The third kappa shape index (κ3) is 3.36. The third-order valence-electron chi connectivity index (χ3n) is 3.78. The van der Waals surface area contributed by atoms with Gasteiger partial charge in [0.15, 0.2) is 0 Å². The lowest BCUT2D eigenvalue weighted by atomic mass is 9.88. The van der Waals surface area contributed by atoms with Crippen molar-refractivity contribution in [2.24, 2.45) is 5.41 Å². The first-order chi connectivity index (χ1) is 9.83. The van der Waals surface area contributed by atoms with Crippen LogP contribution in [0.25, 0.3) is 0 Å². The molecule has 1 aliphatic heterocycles. The number of nitrogens with zero attached hydrogens (tertiary/aromatic N) is 1. The fraction of sp³-hybridized carbons (Fsp3) is 0.467. The smallest absolute Gasteiger partial charge is 0.253 e. The molecule has 114 valence electrons. The molecule has 0 aromatic heterocycles. The van der Waals surface area contributed by atoms with Crippen molar-refractivity contribution in [3.8, 4) is 0 Å². The van der Waals surface area contributed by atoms with E-state index in [1.807, 2.05) is 6.92 Å². The van der Waals surface area contributed by atoms with Gasteiger partial charge in [-0.15, -0.1) is 0 Å². The second-order valence-electron chi connectivity index (χ2n) is 5.84. The Kier molecular flexibility index (Phi) is 4.54. The van der Waals surface area contributed by atoms with E-state index in [0.717, 1.165) is 13.0 Å². The van der Waals surface area contributed by atoms with Gasteiger partial charge in [0, 0.05) is 26.2 Å². The van der Waals surface area contributed by atoms with Gasteiger partial charge in [0.1, 0.15) is 0 Å². The van der Waals surface area contributed by atoms with Gasteiger partial charge in [-0.3, -0.25) is 9.59 Å². The fourth-order valence-electron chi connectivity index (χ4n) is 2.30. The highest BCUT2D eigenvalue weighted by molar-refractivity contribution is 6.34. The second kappa shape index (κ2) is 6.03. The fourth-order valence-corrected chi connectivity index (χ4v) is 2.46. The van der Waals surface area contributed by atoms with E-state index >= 15 is 0 Å². The molecule has 1 saturated heterocycles. The zero-order chi connectivity index (χ0) is 15.6. The lowest BCUT2D eigenvalue weighted by molar-refractivity contribution is -0.123. The van der Waals surface area contributed by atoms with Crippen LogP contribution in [0.5, 0.6) is 0 Å². The molecule has 1 unspecified atom stereocenters. The Bertz CT molecular complexity index is 566. The molecule has 0 spiro atoms. The van der Waals surface area contributed by atoms with Crippen molar-refractivity contribution in [3.05, 3.63) is 28.8 Å². The summed E-state index contributed by atoms with van der Waals surface area (Å²) in [7, 11) is 3.36. The maximum absolute atomic E-state index is 12.4. The number of carbonyl (C=O) groups excluding carboxylic acids is 2. The van der Waals surface area contributed by atoms with Gasteiger partial charge in [-0.2, -0.15) is 0 Å². The van der Waals surface area contributed by atoms with Crippen LogP contribution >= 0.6 is 11.6 Å². The molecule has 6 heteroatoms. The first-order valence-electron chi connectivity index (χ1n) is 6.87. The summed E-state index contributed by atoms with van der Waals surface area (Å²) in [6.07, 6.45) is 0.784. The van der Waals surface area contributed by atoms with Gasteiger partial charge in [-0.05, 0) is 38.1 Å². The minimum atomic E-state index is -0.440. The molecule has 2 N–H and O–H groups in total. The van der Waals surface area contributed by atoms with E-state index in [1.165, 1.54) is 4.90 Å². The van der Waals surface area contributed by atoms with E-state index < -0.39 is 5.41 Å². The topological polar surface area (TPSA) is 61.4 Å². The first kappa shape index (κ1) is 15.8. The maximum Gasteiger partial charge on any atom is 0.253 e. The molecule has 1 fully saturated rings. The van der Waals surface area contributed by atoms with Crippen LogP contribution in [0.3, 0.4) is 0 Å². The molecule has 5 nitrogen and oxygen atoms in total. The second-order valence-corrected chi connectivity index (χ2v) is 6.24. The van der Waals surface area contributed by atoms with Crippen molar-refractivity contribution >= 4 is 29.1 Å². The number of anilines is 1. The highest BCUT2D eigenvalue weighted by Gasteiger charge is 2.36. The molecule has 0 saturated carbocycles. The number of amides is 2. The Morgan fingerprint density at radius 3 is 2.67 bits per heavy atom. The van der Waals surface area contributed by atoms with Crippen molar-refractivity contribution in [2.45, 2.75) is 13.3 Å². The predicted molar refractivity (Wildman–Crippen MR) is 83.7 cm³/mol. The molecule has 0 radical (unpaired) electrons. The number of nitrogens with one attached hydrogen (secondary N) is 2. The zero-order valence-electron chi connectivity index (χ0n) is 12.5. The summed E-state index contributed by atoms with van der Waals surface area (Å²) in [4.78, 5) is 25.9. The van der Waals surface area contributed by atoms with E-state index in [0.29, 0.717) is 22.8 Å². The van der Waals surface area contributed by atoms with E-state index in [1.54, 1.807) is 32.3 Å². The predicted octanol–water partition coefficient (Wildman–Crippen LogP) is 1.98. The average Bonchev–Trinajstić information content (AvgIpc) is 2.88. The van der Waals surface area contributed by atoms with E-state index in [2.05, 4.69) is 10.6 Å². The van der Waals surface area contributed by atoms with Gasteiger partial charge in [-0.25, -0.2) is 0 Å². The highest BCUT2D eigenvalue weighted by Crippen LogP contribution is 2.29. The number of rotatable bonds is 3. The normalized spacial score (nSPS) is 21.1. The van der Waals surface area contributed by atoms with Crippen LogP contribution in [0.4, 0.5) is 5.69 Å². The number of carbonyl (C=O) groups is 2. The van der Waals surface area contributed by atoms with Gasteiger partial charge in [-0.1, -0.05) is 11.6 Å². The Labute approximate surface area is 129 Å². The summed E-state index contributed by atoms with van der Waals surface area (Å²) in [5, 5.41) is 6.45. The average molecular weight is 310 g/mol. The highest BCUT2D eigenvalue weighted by atomic mass is 35.5. The number of hydrogen-bond acceptors (Lipinski definition) is 3. The van der Waals surface area contributed by atoms with Crippen molar-refractivity contribution in [3.63, 3.8) is 0 Å². The molecular weight excluding hydrogens is 290 g/mol. The molecular formula is C15H20ClN3O2. The van der Waals surface area contributed by atoms with Gasteiger partial charge >= 0.3 is 0 Å². The van der Waals surface area contributed by atoms with Crippen LogP contribution in [-0.2, 0) is 4.79 Å². The number of hydrogen-bond donors (Lipinski definition) is 2. The minimum Gasteiger partial charge on any atom is -0.345 e. The standard InChI is InChI=1S/C15H20ClN3O2/c1-15(6-7-17-9-15)14(21)18-12-8-10(4-5-11(12)16)13(20)19(2)3/h4-5,8,17H,6-7,9H2,1-3H3,(H,18,21). The van der Waals surface area contributed by atoms with Crippen molar-refractivity contribution < 1.29 is 9.59 Å². The number of halogens is 1. The summed E-state index contributed by atoms with van der Waals surface area (Å²) in [6, 6.07) is 4.90. The molecule has 0 aliphatic carbocycles. The summed E-state index contributed by atoms with van der Waals surface area (Å²) < 4.78 is 0. The maximum atomic E-state index is 12.4. The molecule has 1 aliphatic rings. The minimum absolute atomic E-state index is 0.0798. The SMILES string of the molecule is CN(C)C(=O)c1ccc(Cl)c(NC(=O)C2(C)CCNC2)c1. The molecule has 21 heavy (non-hydrogen) atoms. The van der Waals surface area contributed by atoms with Crippen molar-refractivity contribution in [1.29, 1.82) is 0 Å². The Balaban J connectivity index is 2.21. The van der Waals surface area contributed by atoms with Crippen LogP contribution in [-0.4, -0.2) is 43.9 Å². The Hall–Kier alpha value is -1.59. The van der Waals surface area contributed by atoms with Gasteiger partial charge in [0.05, 0.1) is 16.1 Å². The first-order valence-corrected chi connectivity index (χ1v) is 7.25. The molecule has 1 aromatic carbocycles. The van der Waals surface area contributed by atoms with Crippen molar-refractivity contribution in [1.82, 2.24) is 10.2 Å². The van der Waals surface area contributed by atoms with E-state index in [9.17, 15) is 9.59 Å². The van der Waals surface area contributed by atoms with Crippen LogP contribution in [0.15, 0.2) is 18.2 Å². The molecule has 1 heterocycles. The third-order valence-corrected chi connectivity index (χ3v) is 4.11. The van der Waals surface area contributed by atoms with Crippen LogP contribution in [0.1, 0.15) is 23.7 Å². The quantitative estimate of drug-likeness (QED) is 0.897. The zero-order valence-corrected chi connectivity index (χ0v) is 13.3. The largest absolute Gasteiger partial charge is 0.345 e. The molecule has 1 atom stereocenters. The lowest BCUT2D eigenvalue weighted by Crippen LogP contribution is -2.35. The van der Waals surface area contributed by atoms with Gasteiger partial charge in [0.2, 0.25) is 5.91 Å². The Morgan fingerprint density at radius 1 is 1.38 bits per heavy atom. The summed E-state index contributed by atoms with van der Waals surface area (Å²) in [5.74, 6) is -0.209. The molecule has 2 amide bonds. The summed E-state index contributed by atoms with van der Waals surface area (Å²) in [6.45, 7) is 3.40. The molecule has 0 bridgehead atoms. The van der Waals surface area contributed by atoms with Gasteiger partial charge in [0.25, 0.3) is 5.91 Å². The summed E-state index contributed by atoms with van der Waals surface area (Å²) in [5.41, 5.74) is 0.530. The Morgan fingerprint density at radius 2 is 2.10 bits per heavy atom. The van der Waals surface area contributed by atoms with E-state index in [4.69, 9.17) is 11.6 Å². The van der Waals surface area contributed by atoms with Crippen LogP contribution < -0.4 is 10.6 Å². The van der Waals surface area contributed by atoms with E-state index in [-0.39, 0.29) is 11.8 Å². The monoisotopic (exact) mass is 309 g/mol. The molecule has 2 rings (SSSR count). The van der Waals surface area contributed by atoms with Crippen molar-refractivity contribution in [2.75, 3.05) is 32.5 Å². The number of benzene rings is 1. The molecule has 1 aromatic rings. The lowest BCUT2D eigenvalue weighted by Gasteiger charge is -2.22.